The molecular formula is C15H14FN5O2. The minimum absolute atomic E-state index is 0.282. The van der Waals surface area contributed by atoms with Gasteiger partial charge in [-0.05, 0) is 18.9 Å². The van der Waals surface area contributed by atoms with Gasteiger partial charge in [-0.15, -0.1) is 0 Å². The predicted octanol–water partition coefficient (Wildman–Crippen LogP) is 2.75. The van der Waals surface area contributed by atoms with Gasteiger partial charge in [0, 0.05) is 18.0 Å². The van der Waals surface area contributed by atoms with Crippen molar-refractivity contribution < 1.29 is 13.3 Å². The van der Waals surface area contributed by atoms with Gasteiger partial charge in [-0.1, -0.05) is 11.6 Å². The lowest BCUT2D eigenvalue weighted by molar-refractivity contribution is 0.322. The first-order valence-electron chi connectivity index (χ1n) is 7.77. The monoisotopic (exact) mass is 315 g/mol. The van der Waals surface area contributed by atoms with Crippen LogP contribution in [0, 0.1) is 0 Å². The van der Waals surface area contributed by atoms with E-state index in [1.54, 1.807) is 17.0 Å². The van der Waals surface area contributed by atoms with Gasteiger partial charge in [0.1, 0.15) is 18.1 Å². The fourth-order valence-corrected chi connectivity index (χ4v) is 3.03. The maximum Gasteiger partial charge on any atom is 0.278 e. The van der Waals surface area contributed by atoms with Gasteiger partial charge in [0.05, 0.1) is 6.54 Å². The Morgan fingerprint density at radius 3 is 2.91 bits per heavy atom. The number of hydrogen-bond acceptors (Lipinski definition) is 6. The van der Waals surface area contributed by atoms with E-state index in [0.29, 0.717) is 35.4 Å². The lowest BCUT2D eigenvalue weighted by atomic mass is 9.85. The molecule has 1 unspecified atom stereocenters. The van der Waals surface area contributed by atoms with Crippen LogP contribution in [0.2, 0.25) is 0 Å². The van der Waals surface area contributed by atoms with Crippen LogP contribution in [-0.4, -0.2) is 31.1 Å². The second-order valence-electron chi connectivity index (χ2n) is 6.13. The first kappa shape index (κ1) is 13.0. The number of nitrogens with zero attached hydrogens (tertiary/aromatic N) is 5. The fourth-order valence-electron chi connectivity index (χ4n) is 3.03. The first-order valence-corrected chi connectivity index (χ1v) is 7.77. The third-order valence-electron chi connectivity index (χ3n) is 4.52. The van der Waals surface area contributed by atoms with Crippen molar-refractivity contribution in [2.24, 2.45) is 0 Å². The molecule has 1 fully saturated rings. The summed E-state index contributed by atoms with van der Waals surface area (Å²) in [4.78, 5) is 8.77. The normalized spacial score (nSPS) is 20.7. The Hall–Kier alpha value is -2.51. The minimum Gasteiger partial charge on any atom is -0.448 e. The fraction of sp³-hybridized carbons (Fsp3) is 0.467. The van der Waals surface area contributed by atoms with Crippen molar-refractivity contribution >= 4 is 0 Å². The maximum absolute atomic E-state index is 13.3. The van der Waals surface area contributed by atoms with E-state index >= 15 is 0 Å². The highest BCUT2D eigenvalue weighted by Crippen LogP contribution is 2.36. The van der Waals surface area contributed by atoms with Crippen LogP contribution in [0.15, 0.2) is 21.3 Å². The molecule has 3 aromatic rings. The van der Waals surface area contributed by atoms with Crippen LogP contribution < -0.4 is 0 Å². The molecule has 0 saturated heterocycles. The second kappa shape index (κ2) is 4.74. The zero-order chi connectivity index (χ0) is 15.4. The lowest BCUT2D eigenvalue weighted by Gasteiger charge is -2.21. The van der Waals surface area contributed by atoms with Crippen LogP contribution >= 0.6 is 0 Å². The van der Waals surface area contributed by atoms with Crippen molar-refractivity contribution in [3.63, 3.8) is 0 Å². The molecule has 7 nitrogen and oxygen atoms in total. The van der Waals surface area contributed by atoms with E-state index in [1.165, 1.54) is 6.42 Å². The molecule has 1 aliphatic carbocycles. The quantitative estimate of drug-likeness (QED) is 0.739. The topological polar surface area (TPSA) is 82.8 Å². The molecule has 5 rings (SSSR count). The molecule has 1 saturated carbocycles. The summed E-state index contributed by atoms with van der Waals surface area (Å²) in [6.07, 6.45) is 4.54. The van der Waals surface area contributed by atoms with Crippen molar-refractivity contribution in [3.05, 3.63) is 23.9 Å². The number of oxazole rings is 1. The standard InChI is InChI=1S/C15H14FN5O2/c16-9-4-10-5-11(19-21(10)6-9)15-18-13(20-23-15)12-7-22-14(17-12)8-2-1-3-8/h5,7-9H,1-4,6H2. The summed E-state index contributed by atoms with van der Waals surface area (Å²) < 4.78 is 25.7. The third kappa shape index (κ3) is 2.08. The molecule has 0 spiro atoms. The Bertz CT molecular complexity index is 839. The molecule has 1 aliphatic heterocycles. The number of fused-ring (bicyclic) bond motifs is 1. The summed E-state index contributed by atoms with van der Waals surface area (Å²) in [6.45, 7) is 0.282. The highest BCUT2D eigenvalue weighted by Gasteiger charge is 2.27. The van der Waals surface area contributed by atoms with Gasteiger partial charge in [0.2, 0.25) is 5.82 Å². The smallest absolute Gasteiger partial charge is 0.278 e. The third-order valence-corrected chi connectivity index (χ3v) is 4.52. The van der Waals surface area contributed by atoms with Gasteiger partial charge in [-0.25, -0.2) is 9.37 Å². The number of halogens is 1. The van der Waals surface area contributed by atoms with Gasteiger partial charge in [0.15, 0.2) is 11.6 Å². The van der Waals surface area contributed by atoms with Crippen LogP contribution in [0.3, 0.4) is 0 Å². The highest BCUT2D eigenvalue weighted by molar-refractivity contribution is 5.54. The molecule has 0 radical (unpaired) electrons. The Morgan fingerprint density at radius 1 is 1.22 bits per heavy atom. The summed E-state index contributed by atoms with van der Waals surface area (Å²) in [5, 5.41) is 8.26. The van der Waals surface area contributed by atoms with E-state index in [0.717, 1.165) is 24.4 Å². The molecule has 0 amide bonds. The zero-order valence-electron chi connectivity index (χ0n) is 12.3. The highest BCUT2D eigenvalue weighted by atomic mass is 19.1. The van der Waals surface area contributed by atoms with Crippen molar-refractivity contribution in [1.29, 1.82) is 0 Å². The molecule has 23 heavy (non-hydrogen) atoms. The van der Waals surface area contributed by atoms with E-state index < -0.39 is 6.17 Å². The van der Waals surface area contributed by atoms with E-state index in [2.05, 4.69) is 20.2 Å². The maximum atomic E-state index is 13.3. The molecule has 0 aromatic carbocycles. The Labute approximate surface area is 130 Å². The SMILES string of the molecule is FC1Cc2cc(-c3nc(-c4coc(C5CCC5)n4)no3)nn2C1. The summed E-state index contributed by atoms with van der Waals surface area (Å²) in [5.41, 5.74) is 1.98. The van der Waals surface area contributed by atoms with Crippen LogP contribution in [0.4, 0.5) is 4.39 Å². The largest absolute Gasteiger partial charge is 0.448 e. The van der Waals surface area contributed by atoms with Gasteiger partial charge in [0.25, 0.3) is 5.89 Å². The van der Waals surface area contributed by atoms with Crippen molar-refractivity contribution in [2.75, 3.05) is 0 Å². The average molecular weight is 315 g/mol. The average Bonchev–Trinajstić information content (AvgIpc) is 3.16. The van der Waals surface area contributed by atoms with Crippen LogP contribution in [0.5, 0.6) is 0 Å². The van der Waals surface area contributed by atoms with Crippen LogP contribution in [0.25, 0.3) is 23.1 Å². The molecule has 4 heterocycles. The lowest BCUT2D eigenvalue weighted by Crippen LogP contribution is -2.08. The van der Waals surface area contributed by atoms with Gasteiger partial charge >= 0.3 is 0 Å². The predicted molar refractivity (Wildman–Crippen MR) is 76.2 cm³/mol. The number of alkyl halides is 1. The summed E-state index contributed by atoms with van der Waals surface area (Å²) >= 11 is 0. The number of hydrogen-bond donors (Lipinski definition) is 0. The molecule has 0 bridgehead atoms. The van der Waals surface area contributed by atoms with Crippen molar-refractivity contribution in [1.82, 2.24) is 24.9 Å². The number of rotatable bonds is 3. The van der Waals surface area contributed by atoms with Crippen LogP contribution in [0.1, 0.15) is 36.8 Å². The van der Waals surface area contributed by atoms with Gasteiger partial charge in [-0.3, -0.25) is 4.68 Å². The summed E-state index contributed by atoms with van der Waals surface area (Å²) in [7, 11) is 0. The first-order chi connectivity index (χ1) is 11.3. The molecule has 1 atom stereocenters. The van der Waals surface area contributed by atoms with E-state index in [9.17, 15) is 4.39 Å². The molecule has 2 aliphatic rings. The van der Waals surface area contributed by atoms with E-state index in [-0.39, 0.29) is 6.54 Å². The van der Waals surface area contributed by atoms with E-state index in [1.807, 2.05) is 0 Å². The zero-order valence-corrected chi connectivity index (χ0v) is 12.3. The summed E-state index contributed by atoms with van der Waals surface area (Å²) in [6, 6.07) is 1.79. The Morgan fingerprint density at radius 2 is 2.13 bits per heavy atom. The molecule has 118 valence electrons. The summed E-state index contributed by atoms with van der Waals surface area (Å²) in [5.74, 6) is 1.85. The van der Waals surface area contributed by atoms with Crippen molar-refractivity contribution in [3.8, 4) is 23.1 Å². The second-order valence-corrected chi connectivity index (χ2v) is 6.13. The van der Waals surface area contributed by atoms with Gasteiger partial charge in [-0.2, -0.15) is 10.1 Å². The molecule has 8 heteroatoms. The van der Waals surface area contributed by atoms with Crippen molar-refractivity contribution in [2.45, 2.75) is 44.3 Å². The molecular weight excluding hydrogens is 301 g/mol. The Balaban J connectivity index is 1.42. The molecule has 3 aromatic heterocycles. The molecule has 0 N–H and O–H groups in total. The van der Waals surface area contributed by atoms with E-state index in [4.69, 9.17) is 8.94 Å². The van der Waals surface area contributed by atoms with Crippen LogP contribution in [-0.2, 0) is 13.0 Å². The number of aromatic nitrogens is 5. The Kier molecular flexibility index (Phi) is 2.67. The van der Waals surface area contributed by atoms with Gasteiger partial charge < -0.3 is 8.94 Å². The minimum atomic E-state index is -0.857.